The molecule has 1 N–H and O–H groups in total. The molecule has 2 atom stereocenters. The molecule has 0 amide bonds. The Morgan fingerprint density at radius 3 is 2.57 bits per heavy atom. The van der Waals surface area contributed by atoms with Crippen LogP contribution >= 0.6 is 0 Å². The first kappa shape index (κ1) is 10.5. The summed E-state index contributed by atoms with van der Waals surface area (Å²) in [6.45, 7) is 8.23. The molecule has 0 saturated heterocycles. The molecule has 0 aromatic heterocycles. The van der Waals surface area contributed by atoms with Gasteiger partial charge in [-0.2, -0.15) is 0 Å². The predicted octanol–water partition coefficient (Wildman–Crippen LogP) is 3.20. The standard InChI is InChI=1S/C13H25N/c1-10(2)14-9-12-8-13(12,3)7-11-5-4-6-11/h10-12,14H,4-9H2,1-3H3. The Hall–Kier alpha value is -0.0400. The third-order valence-corrected chi connectivity index (χ3v) is 4.29. The Morgan fingerprint density at radius 2 is 2.07 bits per heavy atom. The van der Waals surface area contributed by atoms with Crippen LogP contribution in [0, 0.1) is 17.3 Å². The number of hydrogen-bond donors (Lipinski definition) is 1. The van der Waals surface area contributed by atoms with E-state index in [2.05, 4.69) is 26.1 Å². The molecule has 82 valence electrons. The summed E-state index contributed by atoms with van der Waals surface area (Å²) in [5.74, 6) is 2.06. The van der Waals surface area contributed by atoms with E-state index in [1.165, 1.54) is 38.6 Å². The van der Waals surface area contributed by atoms with E-state index in [0.717, 1.165) is 11.8 Å². The van der Waals surface area contributed by atoms with E-state index in [9.17, 15) is 0 Å². The molecule has 2 rings (SSSR count). The lowest BCUT2D eigenvalue weighted by atomic mass is 9.77. The summed E-state index contributed by atoms with van der Waals surface area (Å²) in [5.41, 5.74) is 0.715. The Labute approximate surface area is 88.7 Å². The molecule has 2 aliphatic rings. The SMILES string of the molecule is CC(C)NCC1CC1(C)CC1CCC1. The maximum Gasteiger partial charge on any atom is 0.00104 e. The molecule has 0 aliphatic heterocycles. The monoisotopic (exact) mass is 195 g/mol. The maximum atomic E-state index is 3.57. The van der Waals surface area contributed by atoms with E-state index in [1.807, 2.05) is 0 Å². The number of rotatable bonds is 5. The normalized spacial score (nSPS) is 37.3. The average molecular weight is 195 g/mol. The summed E-state index contributed by atoms with van der Waals surface area (Å²) in [5, 5.41) is 3.57. The van der Waals surface area contributed by atoms with E-state index in [-0.39, 0.29) is 0 Å². The molecular weight excluding hydrogens is 170 g/mol. The minimum absolute atomic E-state index is 0.656. The maximum absolute atomic E-state index is 3.57. The van der Waals surface area contributed by atoms with Crippen LogP contribution in [0.25, 0.3) is 0 Å². The summed E-state index contributed by atoms with van der Waals surface area (Å²) < 4.78 is 0. The molecular formula is C13H25N. The molecule has 14 heavy (non-hydrogen) atoms. The largest absolute Gasteiger partial charge is 0.314 e. The Balaban J connectivity index is 1.67. The summed E-state index contributed by atoms with van der Waals surface area (Å²) in [6, 6.07) is 0.656. The van der Waals surface area contributed by atoms with Gasteiger partial charge in [-0.15, -0.1) is 0 Å². The van der Waals surface area contributed by atoms with Gasteiger partial charge in [-0.1, -0.05) is 40.0 Å². The van der Waals surface area contributed by atoms with Crippen molar-refractivity contribution < 1.29 is 0 Å². The first-order valence-electron chi connectivity index (χ1n) is 6.33. The van der Waals surface area contributed by atoms with Crippen molar-refractivity contribution >= 4 is 0 Å². The van der Waals surface area contributed by atoms with Gasteiger partial charge in [0.1, 0.15) is 0 Å². The van der Waals surface area contributed by atoms with E-state index in [0.29, 0.717) is 11.5 Å². The smallest absolute Gasteiger partial charge is 0.00104 e. The van der Waals surface area contributed by atoms with Crippen molar-refractivity contribution in [2.24, 2.45) is 17.3 Å². The predicted molar refractivity (Wildman–Crippen MR) is 61.3 cm³/mol. The van der Waals surface area contributed by atoms with Gasteiger partial charge in [0.2, 0.25) is 0 Å². The van der Waals surface area contributed by atoms with Crippen LogP contribution in [-0.2, 0) is 0 Å². The molecule has 2 unspecified atom stereocenters. The zero-order valence-corrected chi connectivity index (χ0v) is 9.97. The van der Waals surface area contributed by atoms with Crippen LogP contribution in [0.5, 0.6) is 0 Å². The Kier molecular flexibility index (Phi) is 2.88. The molecule has 2 fully saturated rings. The van der Waals surface area contributed by atoms with Gasteiger partial charge in [0.05, 0.1) is 0 Å². The van der Waals surface area contributed by atoms with Crippen LogP contribution < -0.4 is 5.32 Å². The fourth-order valence-corrected chi connectivity index (χ4v) is 2.81. The van der Waals surface area contributed by atoms with Gasteiger partial charge in [-0.3, -0.25) is 0 Å². The van der Waals surface area contributed by atoms with Crippen molar-refractivity contribution in [2.45, 2.75) is 58.9 Å². The van der Waals surface area contributed by atoms with Crippen molar-refractivity contribution in [2.75, 3.05) is 6.54 Å². The molecule has 1 nitrogen and oxygen atoms in total. The van der Waals surface area contributed by atoms with Crippen molar-refractivity contribution in [1.29, 1.82) is 0 Å². The quantitative estimate of drug-likeness (QED) is 0.710. The lowest BCUT2D eigenvalue weighted by Crippen LogP contribution is -2.27. The van der Waals surface area contributed by atoms with E-state index < -0.39 is 0 Å². The summed E-state index contributed by atoms with van der Waals surface area (Å²) in [6.07, 6.45) is 7.51. The lowest BCUT2D eigenvalue weighted by Gasteiger charge is -2.28. The van der Waals surface area contributed by atoms with Gasteiger partial charge in [-0.05, 0) is 36.6 Å². The van der Waals surface area contributed by atoms with Gasteiger partial charge >= 0.3 is 0 Å². The fraction of sp³-hybridized carbons (Fsp3) is 1.00. The van der Waals surface area contributed by atoms with Crippen LogP contribution in [0.15, 0.2) is 0 Å². The first-order chi connectivity index (χ1) is 6.60. The van der Waals surface area contributed by atoms with Crippen LogP contribution in [0.4, 0.5) is 0 Å². The van der Waals surface area contributed by atoms with E-state index in [4.69, 9.17) is 0 Å². The van der Waals surface area contributed by atoms with E-state index in [1.54, 1.807) is 0 Å². The molecule has 0 aromatic carbocycles. The van der Waals surface area contributed by atoms with Crippen molar-refractivity contribution in [3.8, 4) is 0 Å². The van der Waals surface area contributed by atoms with Gasteiger partial charge in [-0.25, -0.2) is 0 Å². The lowest BCUT2D eigenvalue weighted by molar-refractivity contribution is 0.235. The van der Waals surface area contributed by atoms with Gasteiger partial charge in [0, 0.05) is 6.04 Å². The Morgan fingerprint density at radius 1 is 1.36 bits per heavy atom. The zero-order valence-electron chi connectivity index (χ0n) is 9.97. The average Bonchev–Trinajstić information content (AvgIpc) is 2.67. The Bertz CT molecular complexity index is 195. The highest BCUT2D eigenvalue weighted by atomic mass is 14.9. The minimum Gasteiger partial charge on any atom is -0.314 e. The van der Waals surface area contributed by atoms with Crippen molar-refractivity contribution in [3.63, 3.8) is 0 Å². The van der Waals surface area contributed by atoms with Gasteiger partial charge in [0.25, 0.3) is 0 Å². The summed E-state index contributed by atoms with van der Waals surface area (Å²) in [4.78, 5) is 0. The highest BCUT2D eigenvalue weighted by molar-refractivity contribution is 5.01. The van der Waals surface area contributed by atoms with Crippen LogP contribution in [-0.4, -0.2) is 12.6 Å². The minimum atomic E-state index is 0.656. The second-order valence-corrected chi connectivity index (χ2v) is 6.12. The van der Waals surface area contributed by atoms with Crippen molar-refractivity contribution in [1.82, 2.24) is 5.32 Å². The molecule has 0 heterocycles. The van der Waals surface area contributed by atoms with Crippen LogP contribution in [0.1, 0.15) is 52.9 Å². The third kappa shape index (κ3) is 2.31. The second kappa shape index (κ2) is 3.84. The second-order valence-electron chi connectivity index (χ2n) is 6.12. The zero-order chi connectivity index (χ0) is 10.2. The fourth-order valence-electron chi connectivity index (χ4n) is 2.81. The molecule has 2 aliphatic carbocycles. The molecule has 0 radical (unpaired) electrons. The summed E-state index contributed by atoms with van der Waals surface area (Å²) >= 11 is 0. The topological polar surface area (TPSA) is 12.0 Å². The van der Waals surface area contributed by atoms with E-state index >= 15 is 0 Å². The van der Waals surface area contributed by atoms with Crippen LogP contribution in [0.3, 0.4) is 0 Å². The molecule has 0 aromatic rings. The molecule has 2 saturated carbocycles. The third-order valence-electron chi connectivity index (χ3n) is 4.29. The molecule has 0 spiro atoms. The summed E-state index contributed by atoms with van der Waals surface area (Å²) in [7, 11) is 0. The van der Waals surface area contributed by atoms with Crippen molar-refractivity contribution in [3.05, 3.63) is 0 Å². The first-order valence-corrected chi connectivity index (χ1v) is 6.33. The highest BCUT2D eigenvalue weighted by Crippen LogP contribution is 2.57. The van der Waals surface area contributed by atoms with Crippen LogP contribution in [0.2, 0.25) is 0 Å². The van der Waals surface area contributed by atoms with Gasteiger partial charge < -0.3 is 5.32 Å². The molecule has 1 heteroatoms. The highest BCUT2D eigenvalue weighted by Gasteiger charge is 2.50. The number of hydrogen-bond acceptors (Lipinski definition) is 1. The van der Waals surface area contributed by atoms with Gasteiger partial charge in [0.15, 0.2) is 0 Å². The molecule has 0 bridgehead atoms. The number of nitrogens with one attached hydrogen (secondary N) is 1.